The fourth-order valence-corrected chi connectivity index (χ4v) is 3.77. The second-order valence-electron chi connectivity index (χ2n) is 6.58. The van der Waals surface area contributed by atoms with Gasteiger partial charge in [0.2, 0.25) is 5.91 Å². The summed E-state index contributed by atoms with van der Waals surface area (Å²) < 4.78 is 0. The molecule has 1 aromatic carbocycles. The first-order chi connectivity index (χ1) is 12.5. The van der Waals surface area contributed by atoms with Gasteiger partial charge in [0.1, 0.15) is 0 Å². The average Bonchev–Trinajstić information content (AvgIpc) is 3.30. The Morgan fingerprint density at radius 3 is 1.81 bits per heavy atom. The Morgan fingerprint density at radius 2 is 1.33 bits per heavy atom. The summed E-state index contributed by atoms with van der Waals surface area (Å²) in [7, 11) is 0. The molecule has 0 N–H and O–H groups in total. The molecule has 2 nitrogen and oxygen atoms in total. The zero-order valence-electron chi connectivity index (χ0n) is 16.3. The van der Waals surface area contributed by atoms with Gasteiger partial charge in [-0.3, -0.25) is 4.79 Å². The fraction of sp³-hybridized carbons (Fsp3) is 0.261. The summed E-state index contributed by atoms with van der Waals surface area (Å²) in [6.45, 7) is 8.24. The normalized spacial score (nSPS) is 17.6. The molecular weight excluding hydrogens is 394 g/mol. The molecule has 0 atom stereocenters. The van der Waals surface area contributed by atoms with Crippen LogP contribution in [0.5, 0.6) is 0 Å². The van der Waals surface area contributed by atoms with Gasteiger partial charge in [0.05, 0.1) is 11.2 Å². The topological polar surface area (TPSA) is 20.3 Å². The molecule has 144 valence electrons. The number of carbonyl (C=O) groups excluding carboxylic acids is 1. The number of carbonyl (C=O) groups is 1. The molecule has 0 saturated heterocycles. The van der Waals surface area contributed by atoms with Crippen LogP contribution in [0.2, 0.25) is 0 Å². The van der Waals surface area contributed by atoms with Gasteiger partial charge in [0.15, 0.2) is 0 Å². The van der Waals surface area contributed by atoms with Crippen LogP contribution < -0.4 is 0 Å². The van der Waals surface area contributed by atoms with E-state index in [0.29, 0.717) is 0 Å². The van der Waals surface area contributed by atoms with E-state index >= 15 is 0 Å². The van der Waals surface area contributed by atoms with Crippen LogP contribution in [0, 0.1) is 62.5 Å². The first-order valence-corrected chi connectivity index (χ1v) is 9.80. The molecule has 4 heteroatoms. The van der Waals surface area contributed by atoms with Crippen molar-refractivity contribution in [3.63, 3.8) is 0 Å². The Hall–Kier alpha value is -0.441. The largest absolute Gasteiger partial charge is 0.337 e. The van der Waals surface area contributed by atoms with Crippen LogP contribution in [-0.2, 0) is 21.9 Å². The van der Waals surface area contributed by atoms with Crippen molar-refractivity contribution < 1.29 is 21.9 Å². The maximum atomic E-state index is 12.8. The van der Waals surface area contributed by atoms with Gasteiger partial charge in [-0.05, 0) is 91.2 Å². The molecule has 1 aromatic rings. The zero-order chi connectivity index (χ0) is 18.9. The average molecular weight is 421 g/mol. The number of thioether (sulfide) groups is 1. The third-order valence-electron chi connectivity index (χ3n) is 3.88. The molecule has 0 aromatic heterocycles. The minimum absolute atomic E-state index is 0. The molecule has 0 bridgehead atoms. The van der Waals surface area contributed by atoms with E-state index in [-0.39, 0.29) is 35.1 Å². The van der Waals surface area contributed by atoms with Crippen molar-refractivity contribution in [2.45, 2.75) is 44.7 Å². The summed E-state index contributed by atoms with van der Waals surface area (Å²) in [5.41, 5.74) is 0. The SMILES string of the molecule is CC(C)N(C(=O)[C]1[CH][CH][CH][C]1Sc1ccccc1)C(C)C.[CH]1[CH][CH][CH][CH]1.[Fe]. The van der Waals surface area contributed by atoms with Crippen LogP contribution in [0.3, 0.4) is 0 Å². The number of hydrogen-bond donors (Lipinski definition) is 0. The first-order valence-electron chi connectivity index (χ1n) is 8.98. The Bertz CT molecular complexity index is 515. The number of amides is 1. The third kappa shape index (κ3) is 7.83. The van der Waals surface area contributed by atoms with E-state index < -0.39 is 0 Å². The zero-order valence-corrected chi connectivity index (χ0v) is 18.2. The molecule has 2 aliphatic carbocycles. The molecule has 10 radical (unpaired) electrons. The van der Waals surface area contributed by atoms with E-state index in [4.69, 9.17) is 0 Å². The molecule has 0 unspecified atom stereocenters. The van der Waals surface area contributed by atoms with Crippen LogP contribution in [-0.4, -0.2) is 22.9 Å². The van der Waals surface area contributed by atoms with Crippen LogP contribution in [0.15, 0.2) is 35.2 Å². The van der Waals surface area contributed by atoms with E-state index in [9.17, 15) is 4.79 Å². The summed E-state index contributed by atoms with van der Waals surface area (Å²) >= 11 is 1.64. The Labute approximate surface area is 181 Å². The van der Waals surface area contributed by atoms with Crippen molar-refractivity contribution in [1.82, 2.24) is 4.90 Å². The first kappa shape index (κ1) is 24.6. The minimum atomic E-state index is 0. The Morgan fingerprint density at radius 1 is 0.815 bits per heavy atom. The van der Waals surface area contributed by atoms with Gasteiger partial charge in [0, 0.05) is 34.0 Å². The molecule has 0 heterocycles. The number of nitrogens with zero attached hydrogens (tertiary/aromatic N) is 1. The van der Waals surface area contributed by atoms with Gasteiger partial charge < -0.3 is 4.90 Å². The molecule has 0 aliphatic heterocycles. The number of benzene rings is 1. The van der Waals surface area contributed by atoms with Gasteiger partial charge >= 0.3 is 0 Å². The second kappa shape index (κ2) is 12.9. The molecule has 2 fully saturated rings. The van der Waals surface area contributed by atoms with Crippen molar-refractivity contribution in [3.05, 3.63) is 92.9 Å². The maximum absolute atomic E-state index is 12.8. The van der Waals surface area contributed by atoms with Gasteiger partial charge in [-0.1, -0.05) is 18.2 Å². The van der Waals surface area contributed by atoms with E-state index in [1.165, 1.54) is 0 Å². The maximum Gasteiger partial charge on any atom is 0.232 e. The van der Waals surface area contributed by atoms with Crippen LogP contribution >= 0.6 is 11.8 Å². The van der Waals surface area contributed by atoms with Crippen molar-refractivity contribution in [2.24, 2.45) is 0 Å². The molecule has 2 saturated carbocycles. The monoisotopic (exact) mass is 421 g/mol. The molecule has 2 aliphatic rings. The predicted molar refractivity (Wildman–Crippen MR) is 110 cm³/mol. The summed E-state index contributed by atoms with van der Waals surface area (Å²) in [4.78, 5) is 15.9. The van der Waals surface area contributed by atoms with Crippen molar-refractivity contribution in [3.8, 4) is 0 Å². The summed E-state index contributed by atoms with van der Waals surface area (Å²) in [5, 5.41) is 1.03. The standard InChI is InChI=1S/C18H22NOS.C5H5.Fe/c1-13(2)19(14(3)4)18(20)16-11-8-12-17(16)21-15-9-6-5-7-10-15;1-2-4-5-3-1;/h5-14H,1-4H3;1-5H;. The molecule has 27 heavy (non-hydrogen) atoms. The van der Waals surface area contributed by atoms with Crippen molar-refractivity contribution in [2.75, 3.05) is 0 Å². The van der Waals surface area contributed by atoms with Gasteiger partial charge in [-0.15, -0.1) is 11.8 Å². The van der Waals surface area contributed by atoms with Crippen LogP contribution in [0.1, 0.15) is 27.7 Å². The van der Waals surface area contributed by atoms with E-state index in [1.807, 2.05) is 74.5 Å². The van der Waals surface area contributed by atoms with E-state index in [2.05, 4.69) is 39.8 Å². The summed E-state index contributed by atoms with van der Waals surface area (Å²) in [6.07, 6.45) is 15.9. The molecule has 1 amide bonds. The Balaban J connectivity index is 0.000000526. The minimum Gasteiger partial charge on any atom is -0.337 e. The third-order valence-corrected chi connectivity index (χ3v) is 4.96. The van der Waals surface area contributed by atoms with Crippen LogP contribution in [0.25, 0.3) is 0 Å². The van der Waals surface area contributed by atoms with E-state index in [0.717, 1.165) is 16.1 Å². The smallest absolute Gasteiger partial charge is 0.232 e. The quantitative estimate of drug-likeness (QED) is 0.611. The second-order valence-corrected chi connectivity index (χ2v) is 7.70. The number of hydrogen-bond acceptors (Lipinski definition) is 2. The molecular formula is C23H27FeNOS. The van der Waals surface area contributed by atoms with Gasteiger partial charge in [0.25, 0.3) is 0 Å². The van der Waals surface area contributed by atoms with Crippen molar-refractivity contribution in [1.29, 1.82) is 0 Å². The van der Waals surface area contributed by atoms with Gasteiger partial charge in [-0.2, -0.15) is 0 Å². The number of rotatable bonds is 5. The summed E-state index contributed by atoms with van der Waals surface area (Å²) in [5.74, 6) is 0.912. The van der Waals surface area contributed by atoms with Crippen molar-refractivity contribution >= 4 is 17.7 Å². The Kier molecular flexibility index (Phi) is 11.8. The molecule has 3 rings (SSSR count). The predicted octanol–water partition coefficient (Wildman–Crippen LogP) is 5.18. The fourth-order valence-electron chi connectivity index (χ4n) is 2.81. The van der Waals surface area contributed by atoms with Gasteiger partial charge in [-0.25, -0.2) is 0 Å². The van der Waals surface area contributed by atoms with Crippen LogP contribution in [0.4, 0.5) is 0 Å². The van der Waals surface area contributed by atoms with E-state index in [1.54, 1.807) is 11.8 Å². The molecule has 0 spiro atoms. The summed E-state index contributed by atoms with van der Waals surface area (Å²) in [6, 6.07) is 10.6.